The molecule has 2 nitrogen and oxygen atoms in total. The van der Waals surface area contributed by atoms with Gasteiger partial charge in [-0.05, 0) is 213 Å². The highest BCUT2D eigenvalue weighted by Gasteiger charge is 2.48. The lowest BCUT2D eigenvalue weighted by Crippen LogP contribution is -2.43. The van der Waals surface area contributed by atoms with E-state index in [9.17, 15) is 0 Å². The zero-order valence-electron chi connectivity index (χ0n) is 37.0. The summed E-state index contributed by atoms with van der Waals surface area (Å²) in [5.41, 5.74) is 15.5. The van der Waals surface area contributed by atoms with Gasteiger partial charge in [0.15, 0.2) is 0 Å². The van der Waals surface area contributed by atoms with Crippen LogP contribution in [0.4, 0.5) is 0 Å². The Balaban J connectivity index is 0.807. The van der Waals surface area contributed by atoms with E-state index in [0.717, 1.165) is 24.2 Å². The lowest BCUT2D eigenvalue weighted by molar-refractivity contribution is 0.0360. The Hall–Kier alpha value is -3.10. The Kier molecular flexibility index (Phi) is 11.9. The van der Waals surface area contributed by atoms with Crippen molar-refractivity contribution in [3.8, 4) is 0 Å². The topological polar surface area (TPSA) is 12.5 Å². The first kappa shape index (κ1) is 39.7. The van der Waals surface area contributed by atoms with E-state index >= 15 is 0 Å². The number of fused-ring (bicyclic) bond motifs is 3. The molecule has 0 aromatic rings. The molecule has 10 aliphatic carbocycles. The molecule has 9 unspecified atom stereocenters. The summed E-state index contributed by atoms with van der Waals surface area (Å²) in [7, 11) is 0. The molecule has 0 aromatic heterocycles. The molecule has 0 spiro atoms. The smallest absolute Gasteiger partial charge is 0.0826 e. The third-order valence-electron chi connectivity index (χ3n) is 18.0. The van der Waals surface area contributed by atoms with E-state index in [1.54, 1.807) is 33.6 Å². The Morgan fingerprint density at radius 2 is 1.53 bits per heavy atom. The molecule has 1 heterocycles. The fourth-order valence-electron chi connectivity index (χ4n) is 14.8. The molecule has 0 aromatic carbocycles. The maximum atomic E-state index is 7.02. The second-order valence-electron chi connectivity index (χ2n) is 21.2. The van der Waals surface area contributed by atoms with Crippen molar-refractivity contribution in [3.63, 3.8) is 0 Å². The molecule has 1 saturated heterocycles. The number of rotatable bonds is 8. The molecule has 0 amide bonds. The van der Waals surface area contributed by atoms with Crippen molar-refractivity contribution in [2.24, 2.45) is 35.5 Å². The maximum absolute atomic E-state index is 7.02. The Morgan fingerprint density at radius 1 is 0.600 bits per heavy atom. The van der Waals surface area contributed by atoms with Crippen LogP contribution < -0.4 is 0 Å². The first-order valence-electron chi connectivity index (χ1n) is 25.7. The molecule has 0 radical (unpaired) electrons. The van der Waals surface area contributed by atoms with Crippen molar-refractivity contribution in [2.75, 3.05) is 0 Å². The van der Waals surface area contributed by atoms with Crippen molar-refractivity contribution >= 4 is 0 Å². The van der Waals surface area contributed by atoms with E-state index in [1.165, 1.54) is 161 Å². The van der Waals surface area contributed by atoms with E-state index in [4.69, 9.17) is 4.74 Å². The minimum Gasteiger partial charge on any atom is -0.370 e. The number of nitrogens with zero attached hydrogens (tertiary/aromatic N) is 1. The summed E-state index contributed by atoms with van der Waals surface area (Å²) in [5, 5.41) is 0. The van der Waals surface area contributed by atoms with Gasteiger partial charge in [0.1, 0.15) is 0 Å². The molecule has 0 N–H and O–H groups in total. The second-order valence-corrected chi connectivity index (χ2v) is 21.2. The summed E-state index contributed by atoms with van der Waals surface area (Å²) < 4.78 is 7.02. The fourth-order valence-corrected chi connectivity index (χ4v) is 14.8. The van der Waals surface area contributed by atoms with Gasteiger partial charge in [-0.25, -0.2) is 0 Å². The van der Waals surface area contributed by atoms with Gasteiger partial charge in [0.2, 0.25) is 0 Å². The molecule has 11 aliphatic rings. The molecule has 0 bridgehead atoms. The van der Waals surface area contributed by atoms with Crippen molar-refractivity contribution in [1.82, 2.24) is 4.90 Å². The summed E-state index contributed by atoms with van der Waals surface area (Å²) in [6, 6.07) is 1.10. The van der Waals surface area contributed by atoms with Crippen molar-refractivity contribution in [2.45, 2.75) is 191 Å². The largest absolute Gasteiger partial charge is 0.370 e. The summed E-state index contributed by atoms with van der Waals surface area (Å²) in [4.78, 5) is 3.00. The third kappa shape index (κ3) is 8.03. The Bertz CT molecular complexity index is 1980. The molecule has 60 heavy (non-hydrogen) atoms. The fraction of sp³-hybridized carbons (Fsp3) is 0.621. The van der Waals surface area contributed by atoms with E-state index in [2.05, 4.69) is 83.9 Å². The molecule has 11 rings (SSSR count). The van der Waals surface area contributed by atoms with Crippen LogP contribution in [0.15, 0.2) is 129 Å². The molecule has 318 valence electrons. The number of hydrogen-bond donors (Lipinski definition) is 0. The van der Waals surface area contributed by atoms with Crippen LogP contribution in [0.5, 0.6) is 0 Å². The number of hydrogen-bond acceptors (Lipinski definition) is 2. The molecular formula is C58H75NO. The average molecular weight is 802 g/mol. The van der Waals surface area contributed by atoms with Gasteiger partial charge in [0, 0.05) is 23.6 Å². The monoisotopic (exact) mass is 802 g/mol. The van der Waals surface area contributed by atoms with E-state index in [-0.39, 0.29) is 0 Å². The van der Waals surface area contributed by atoms with Gasteiger partial charge in [-0.3, -0.25) is 0 Å². The van der Waals surface area contributed by atoms with Gasteiger partial charge in [-0.15, -0.1) is 0 Å². The van der Waals surface area contributed by atoms with E-state index in [0.29, 0.717) is 42.0 Å². The highest BCUT2D eigenvalue weighted by Crippen LogP contribution is 2.52. The summed E-state index contributed by atoms with van der Waals surface area (Å²) >= 11 is 0. The molecule has 10 atom stereocenters. The zero-order chi connectivity index (χ0) is 39.8. The van der Waals surface area contributed by atoms with Crippen LogP contribution in [0.3, 0.4) is 0 Å². The van der Waals surface area contributed by atoms with Gasteiger partial charge < -0.3 is 9.64 Å². The van der Waals surface area contributed by atoms with Crippen LogP contribution in [0.1, 0.15) is 167 Å². The number of ether oxygens (including phenoxy) is 1. The van der Waals surface area contributed by atoms with Crippen molar-refractivity contribution < 1.29 is 4.74 Å². The molecule has 0 saturated carbocycles. The van der Waals surface area contributed by atoms with Gasteiger partial charge in [-0.2, -0.15) is 0 Å². The summed E-state index contributed by atoms with van der Waals surface area (Å²) in [6.07, 6.45) is 68.0. The maximum Gasteiger partial charge on any atom is 0.0826 e. The van der Waals surface area contributed by atoms with Gasteiger partial charge in [-0.1, -0.05) is 101 Å². The number of allylic oxidation sites excluding steroid dienone is 17. The van der Waals surface area contributed by atoms with Gasteiger partial charge in [0.25, 0.3) is 0 Å². The first-order valence-corrected chi connectivity index (χ1v) is 25.7. The highest BCUT2D eigenvalue weighted by molar-refractivity contribution is 5.46. The molecule has 2 heteroatoms. The minimum absolute atomic E-state index is 0.387. The molecule has 1 fully saturated rings. The van der Waals surface area contributed by atoms with Crippen molar-refractivity contribution in [1.29, 1.82) is 0 Å². The lowest BCUT2D eigenvalue weighted by atomic mass is 9.69. The highest BCUT2D eigenvalue weighted by atomic mass is 16.5. The summed E-state index contributed by atoms with van der Waals surface area (Å²) in [5.74, 6) is 4.18. The standard InChI is InChI=1S/C58H75NO/c1-3-13-43(14-4-1)52-18-9-10-19-53(52)45-28-35-51(36-29-45)59(49-31-24-41(25-32-49)47-23-22-40-12-7-8-17-46(40)38-47)50-33-26-42(27-34-50)48-30-37-57-56(39-48)55-21-11-20-54(58(55)60-57)44-15-5-2-6-16-44/h1-3,5,13,18,20,24,28-29,33,35,39,42,44,47,49,51,53,55-58H,4,6-12,14-17,19,21-23,25-27,30-32,34,36-38H2/t42-,44?,47?,49?,51?,53?,55?,56?,57?,58?/m1/s1. The Morgan fingerprint density at radius 3 is 2.35 bits per heavy atom. The lowest BCUT2D eigenvalue weighted by Gasteiger charge is -2.45. The van der Waals surface area contributed by atoms with Crippen molar-refractivity contribution in [3.05, 3.63) is 129 Å². The molecular weight excluding hydrogens is 727 g/mol. The predicted octanol–water partition coefficient (Wildman–Crippen LogP) is 15.2. The predicted molar refractivity (Wildman–Crippen MR) is 250 cm³/mol. The molecule has 1 aliphatic heterocycles. The minimum atomic E-state index is 0.387. The van der Waals surface area contributed by atoms with Crippen LogP contribution in [0, 0.1) is 35.5 Å². The zero-order valence-corrected chi connectivity index (χ0v) is 37.0. The second kappa shape index (κ2) is 17.9. The van der Waals surface area contributed by atoms with Gasteiger partial charge in [0.05, 0.1) is 18.2 Å². The van der Waals surface area contributed by atoms with Crippen LogP contribution in [0.2, 0.25) is 0 Å². The average Bonchev–Trinajstić information content (AvgIpc) is 3.71. The summed E-state index contributed by atoms with van der Waals surface area (Å²) in [6.45, 7) is 0. The van der Waals surface area contributed by atoms with Crippen LogP contribution in [-0.2, 0) is 4.74 Å². The van der Waals surface area contributed by atoms with Gasteiger partial charge >= 0.3 is 0 Å². The SMILES string of the molecule is C1=CCCC(C2=CCCCC2C2=CCC(N(C3=CC[C@@H](C4=CC5C(CC4)OC4C(C6CC=CCC6)=CCCC45)CC3)C3CC=C(C4CCC5=C(CCCC5)C4)CC3)C=C2)=C1. The first-order chi connectivity index (χ1) is 29.7. The normalized spacial score (nSPS) is 38.0. The Labute approximate surface area is 364 Å². The van der Waals surface area contributed by atoms with E-state index < -0.39 is 0 Å². The third-order valence-corrected chi connectivity index (χ3v) is 18.0. The quantitative estimate of drug-likeness (QED) is 0.227. The van der Waals surface area contributed by atoms with Crippen LogP contribution in [0.25, 0.3) is 0 Å². The van der Waals surface area contributed by atoms with E-state index in [1.807, 2.05) is 16.7 Å². The van der Waals surface area contributed by atoms with Crippen LogP contribution >= 0.6 is 0 Å². The van der Waals surface area contributed by atoms with Crippen LogP contribution in [-0.4, -0.2) is 29.2 Å².